The summed E-state index contributed by atoms with van der Waals surface area (Å²) in [7, 11) is 5.58. The number of hydrogen-bond acceptors (Lipinski definition) is 5. The molecule has 156 valence electrons. The number of benzene rings is 1. The molecule has 7 nitrogen and oxygen atoms in total. The SMILES string of the molecule is COc1ccc2[nH]c(C(=O)N3CCCC4(CCc5cnc(N(C)C)nc54)C3)cc2c1. The van der Waals surface area contributed by atoms with Gasteiger partial charge in [0.15, 0.2) is 0 Å². The van der Waals surface area contributed by atoms with Gasteiger partial charge in [-0.3, -0.25) is 4.79 Å². The topological polar surface area (TPSA) is 74.4 Å². The van der Waals surface area contributed by atoms with Crippen molar-refractivity contribution in [3.63, 3.8) is 0 Å². The first-order valence-corrected chi connectivity index (χ1v) is 10.5. The molecule has 0 saturated carbocycles. The van der Waals surface area contributed by atoms with Gasteiger partial charge in [-0.05, 0) is 55.5 Å². The fourth-order valence-electron chi connectivity index (χ4n) is 4.97. The molecule has 30 heavy (non-hydrogen) atoms. The molecular weight excluding hydrogens is 378 g/mol. The number of ether oxygens (including phenoxy) is 1. The fourth-order valence-corrected chi connectivity index (χ4v) is 4.97. The lowest BCUT2D eigenvalue weighted by Crippen LogP contribution is -2.48. The van der Waals surface area contributed by atoms with Crippen LogP contribution in [-0.4, -0.2) is 60.1 Å². The van der Waals surface area contributed by atoms with Crippen LogP contribution < -0.4 is 9.64 Å². The number of nitrogens with zero attached hydrogens (tertiary/aromatic N) is 4. The average Bonchev–Trinajstić information content (AvgIpc) is 3.34. The van der Waals surface area contributed by atoms with Gasteiger partial charge in [0, 0.05) is 49.7 Å². The van der Waals surface area contributed by atoms with E-state index in [0.717, 1.165) is 60.5 Å². The van der Waals surface area contributed by atoms with Gasteiger partial charge in [-0.2, -0.15) is 0 Å². The molecule has 5 rings (SSSR count). The first kappa shape index (κ1) is 18.9. The van der Waals surface area contributed by atoms with Crippen LogP contribution in [0.4, 0.5) is 5.95 Å². The standard InChI is InChI=1S/C23H27N5O2/c1-27(2)22-24-13-15-7-9-23(20(15)26-22)8-4-10-28(14-23)21(29)19-12-16-11-17(30-3)5-6-18(16)25-19/h5-6,11-13,25H,4,7-10,14H2,1-3H3. The van der Waals surface area contributed by atoms with Crippen LogP contribution in [-0.2, 0) is 11.8 Å². The van der Waals surface area contributed by atoms with Gasteiger partial charge in [0.05, 0.1) is 12.8 Å². The normalized spacial score (nSPS) is 20.6. The molecule has 1 spiro atoms. The van der Waals surface area contributed by atoms with Gasteiger partial charge in [-0.1, -0.05) is 0 Å². The molecule has 1 atom stereocenters. The molecular formula is C23H27N5O2. The third kappa shape index (κ3) is 3.00. The molecule has 1 aliphatic carbocycles. The Morgan fingerprint density at radius 2 is 2.13 bits per heavy atom. The summed E-state index contributed by atoms with van der Waals surface area (Å²) in [6, 6.07) is 7.74. The summed E-state index contributed by atoms with van der Waals surface area (Å²) in [4.78, 5) is 30.0. The van der Waals surface area contributed by atoms with Crippen LogP contribution >= 0.6 is 0 Å². The summed E-state index contributed by atoms with van der Waals surface area (Å²) >= 11 is 0. The van der Waals surface area contributed by atoms with Crippen molar-refractivity contribution >= 4 is 22.8 Å². The lowest BCUT2D eigenvalue weighted by atomic mass is 9.77. The van der Waals surface area contributed by atoms with Crippen molar-refractivity contribution in [2.45, 2.75) is 31.1 Å². The number of nitrogens with one attached hydrogen (secondary N) is 1. The quantitative estimate of drug-likeness (QED) is 0.725. The Morgan fingerprint density at radius 3 is 2.93 bits per heavy atom. The number of aromatic nitrogens is 3. The third-order valence-corrected chi connectivity index (χ3v) is 6.55. The highest BCUT2D eigenvalue weighted by atomic mass is 16.5. The summed E-state index contributed by atoms with van der Waals surface area (Å²) < 4.78 is 5.31. The van der Waals surface area contributed by atoms with E-state index in [-0.39, 0.29) is 11.3 Å². The lowest BCUT2D eigenvalue weighted by Gasteiger charge is -2.40. The number of likely N-dealkylation sites (tertiary alicyclic amines) is 1. The molecule has 1 unspecified atom stereocenters. The van der Waals surface area contributed by atoms with Gasteiger partial charge >= 0.3 is 0 Å². The zero-order chi connectivity index (χ0) is 20.9. The molecule has 7 heteroatoms. The molecule has 1 amide bonds. The number of aryl methyl sites for hydroxylation is 1. The molecule has 0 radical (unpaired) electrons. The van der Waals surface area contributed by atoms with E-state index in [1.54, 1.807) is 7.11 Å². The number of hydrogen-bond donors (Lipinski definition) is 1. The number of anilines is 1. The molecule has 3 heterocycles. The Bertz CT molecular complexity index is 1120. The maximum Gasteiger partial charge on any atom is 0.270 e. The summed E-state index contributed by atoms with van der Waals surface area (Å²) in [5, 5.41) is 0.985. The number of rotatable bonds is 3. The number of amides is 1. The second-order valence-corrected chi connectivity index (χ2v) is 8.69. The van der Waals surface area contributed by atoms with Crippen LogP contribution in [0.15, 0.2) is 30.5 Å². The number of carbonyl (C=O) groups excluding carboxylic acids is 1. The smallest absolute Gasteiger partial charge is 0.270 e. The fraction of sp³-hybridized carbons (Fsp3) is 0.435. The van der Waals surface area contributed by atoms with E-state index in [2.05, 4.69) is 9.97 Å². The van der Waals surface area contributed by atoms with E-state index in [0.29, 0.717) is 12.2 Å². The summed E-state index contributed by atoms with van der Waals surface area (Å²) in [5.74, 6) is 1.58. The van der Waals surface area contributed by atoms with Crippen molar-refractivity contribution in [3.8, 4) is 5.75 Å². The van der Waals surface area contributed by atoms with Crippen LogP contribution in [0, 0.1) is 0 Å². The van der Waals surface area contributed by atoms with E-state index in [9.17, 15) is 4.79 Å². The maximum absolute atomic E-state index is 13.4. The van der Waals surface area contributed by atoms with Crippen molar-refractivity contribution in [3.05, 3.63) is 47.4 Å². The van der Waals surface area contributed by atoms with Crippen LogP contribution in [0.2, 0.25) is 0 Å². The van der Waals surface area contributed by atoms with Crippen LogP contribution in [0.3, 0.4) is 0 Å². The largest absolute Gasteiger partial charge is 0.497 e. The van der Waals surface area contributed by atoms with Crippen molar-refractivity contribution in [1.82, 2.24) is 19.9 Å². The minimum absolute atomic E-state index is 0.0552. The zero-order valence-corrected chi connectivity index (χ0v) is 17.7. The minimum atomic E-state index is -0.0633. The van der Waals surface area contributed by atoms with Crippen molar-refractivity contribution in [2.75, 3.05) is 39.2 Å². The van der Waals surface area contributed by atoms with Gasteiger partial charge in [-0.25, -0.2) is 9.97 Å². The number of fused-ring (bicyclic) bond motifs is 3. The van der Waals surface area contributed by atoms with Crippen LogP contribution in [0.5, 0.6) is 5.75 Å². The second-order valence-electron chi connectivity index (χ2n) is 8.69. The van der Waals surface area contributed by atoms with E-state index in [1.165, 1.54) is 5.56 Å². The van der Waals surface area contributed by atoms with Crippen LogP contribution in [0.1, 0.15) is 41.0 Å². The van der Waals surface area contributed by atoms with Crippen molar-refractivity contribution in [2.24, 2.45) is 0 Å². The van der Waals surface area contributed by atoms with Crippen LogP contribution in [0.25, 0.3) is 10.9 Å². The van der Waals surface area contributed by atoms with E-state index in [4.69, 9.17) is 9.72 Å². The van der Waals surface area contributed by atoms with Gasteiger partial charge in [-0.15, -0.1) is 0 Å². The lowest BCUT2D eigenvalue weighted by molar-refractivity contribution is 0.0628. The van der Waals surface area contributed by atoms with Gasteiger partial charge in [0.2, 0.25) is 5.95 Å². The molecule has 3 aromatic rings. The summed E-state index contributed by atoms with van der Waals surface area (Å²) in [5.41, 5.74) is 3.88. The van der Waals surface area contributed by atoms with Crippen molar-refractivity contribution in [1.29, 1.82) is 0 Å². The highest BCUT2D eigenvalue weighted by Crippen LogP contribution is 2.44. The molecule has 2 aliphatic rings. The zero-order valence-electron chi connectivity index (χ0n) is 17.7. The Kier molecular flexibility index (Phi) is 4.41. The first-order valence-electron chi connectivity index (χ1n) is 10.5. The molecule has 1 N–H and O–H groups in total. The molecule has 1 aromatic carbocycles. The predicted octanol–water partition coefficient (Wildman–Crippen LogP) is 3.15. The number of aromatic amines is 1. The molecule has 1 saturated heterocycles. The number of methoxy groups -OCH3 is 1. The van der Waals surface area contributed by atoms with E-state index < -0.39 is 0 Å². The van der Waals surface area contributed by atoms with E-state index in [1.807, 2.05) is 54.4 Å². The van der Waals surface area contributed by atoms with Gasteiger partial charge in [0.1, 0.15) is 11.4 Å². The second kappa shape index (κ2) is 7.00. The van der Waals surface area contributed by atoms with Gasteiger partial charge in [0.25, 0.3) is 5.91 Å². The Labute approximate surface area is 176 Å². The molecule has 2 aromatic heterocycles. The highest BCUT2D eigenvalue weighted by Gasteiger charge is 2.45. The first-order chi connectivity index (χ1) is 14.5. The number of carbonyl (C=O) groups is 1. The summed E-state index contributed by atoms with van der Waals surface area (Å²) in [6.45, 7) is 1.49. The molecule has 0 bridgehead atoms. The monoisotopic (exact) mass is 405 g/mol. The third-order valence-electron chi connectivity index (χ3n) is 6.55. The Hall–Kier alpha value is -3.09. The average molecular weight is 406 g/mol. The van der Waals surface area contributed by atoms with Crippen molar-refractivity contribution < 1.29 is 9.53 Å². The molecule has 1 fully saturated rings. The Morgan fingerprint density at radius 1 is 1.27 bits per heavy atom. The predicted molar refractivity (Wildman–Crippen MR) is 116 cm³/mol. The number of piperidine rings is 1. The Balaban J connectivity index is 1.44. The minimum Gasteiger partial charge on any atom is -0.497 e. The van der Waals surface area contributed by atoms with E-state index >= 15 is 0 Å². The number of H-pyrrole nitrogens is 1. The maximum atomic E-state index is 13.4. The summed E-state index contributed by atoms with van der Waals surface area (Å²) in [6.07, 6.45) is 6.04. The molecule has 1 aliphatic heterocycles. The highest BCUT2D eigenvalue weighted by molar-refractivity contribution is 5.98. The van der Waals surface area contributed by atoms with Gasteiger partial charge < -0.3 is 19.5 Å².